The SMILES string of the molecule is Cc1ccc(C(=O)NC2CC2)cc1-c1ccc(C(=O)Nc2cccc(N3CCN(C)CC3)c2)cc1. The van der Waals surface area contributed by atoms with Gasteiger partial charge in [0, 0.05) is 54.7 Å². The number of anilines is 2. The zero-order valence-corrected chi connectivity index (χ0v) is 20.4. The van der Waals surface area contributed by atoms with Crippen LogP contribution in [-0.2, 0) is 0 Å². The summed E-state index contributed by atoms with van der Waals surface area (Å²) < 4.78 is 0. The molecule has 1 saturated heterocycles. The summed E-state index contributed by atoms with van der Waals surface area (Å²) in [7, 11) is 2.14. The topological polar surface area (TPSA) is 64.7 Å². The molecule has 1 aliphatic carbocycles. The van der Waals surface area contributed by atoms with Crippen LogP contribution in [0.3, 0.4) is 0 Å². The van der Waals surface area contributed by atoms with Gasteiger partial charge in [-0.1, -0.05) is 24.3 Å². The van der Waals surface area contributed by atoms with E-state index in [2.05, 4.69) is 33.5 Å². The molecule has 6 heteroatoms. The van der Waals surface area contributed by atoms with Crippen molar-refractivity contribution >= 4 is 23.2 Å². The first-order valence-electron chi connectivity index (χ1n) is 12.3. The predicted octanol–water partition coefficient (Wildman–Crippen LogP) is 4.56. The van der Waals surface area contributed by atoms with Crippen molar-refractivity contribution in [3.05, 3.63) is 83.4 Å². The molecule has 180 valence electrons. The Kier molecular flexibility index (Phi) is 6.55. The Morgan fingerprint density at radius 2 is 1.54 bits per heavy atom. The van der Waals surface area contributed by atoms with Crippen molar-refractivity contribution in [2.24, 2.45) is 0 Å². The smallest absolute Gasteiger partial charge is 0.255 e. The van der Waals surface area contributed by atoms with Gasteiger partial charge in [-0.3, -0.25) is 9.59 Å². The first-order chi connectivity index (χ1) is 17.0. The molecule has 0 aromatic heterocycles. The van der Waals surface area contributed by atoms with Crippen LogP contribution >= 0.6 is 0 Å². The maximum Gasteiger partial charge on any atom is 0.255 e. The lowest BCUT2D eigenvalue weighted by molar-refractivity contribution is 0.0950. The fourth-order valence-electron chi connectivity index (χ4n) is 4.42. The molecule has 1 heterocycles. The van der Waals surface area contributed by atoms with E-state index in [1.807, 2.05) is 67.6 Å². The highest BCUT2D eigenvalue weighted by Crippen LogP contribution is 2.27. The molecule has 35 heavy (non-hydrogen) atoms. The molecule has 2 aliphatic rings. The summed E-state index contributed by atoms with van der Waals surface area (Å²) in [5.74, 6) is -0.162. The number of hydrogen-bond acceptors (Lipinski definition) is 4. The molecule has 6 nitrogen and oxygen atoms in total. The van der Waals surface area contributed by atoms with E-state index >= 15 is 0 Å². The Bertz CT molecular complexity index is 1230. The third-order valence-electron chi connectivity index (χ3n) is 6.84. The van der Waals surface area contributed by atoms with Gasteiger partial charge in [-0.05, 0) is 86.0 Å². The van der Waals surface area contributed by atoms with E-state index in [0.717, 1.165) is 67.1 Å². The van der Waals surface area contributed by atoms with Gasteiger partial charge in [0.05, 0.1) is 0 Å². The summed E-state index contributed by atoms with van der Waals surface area (Å²) >= 11 is 0. The van der Waals surface area contributed by atoms with Gasteiger partial charge < -0.3 is 20.4 Å². The number of nitrogens with one attached hydrogen (secondary N) is 2. The van der Waals surface area contributed by atoms with Crippen LogP contribution in [0, 0.1) is 6.92 Å². The lowest BCUT2D eigenvalue weighted by Crippen LogP contribution is -2.44. The maximum atomic E-state index is 12.9. The highest BCUT2D eigenvalue weighted by molar-refractivity contribution is 6.04. The zero-order chi connectivity index (χ0) is 24.4. The Hall–Kier alpha value is -3.64. The molecule has 0 radical (unpaired) electrons. The molecule has 0 unspecified atom stereocenters. The quantitative estimate of drug-likeness (QED) is 0.557. The van der Waals surface area contributed by atoms with Crippen LogP contribution in [-0.4, -0.2) is 56.0 Å². The van der Waals surface area contributed by atoms with Crippen molar-refractivity contribution in [2.45, 2.75) is 25.8 Å². The summed E-state index contributed by atoms with van der Waals surface area (Å²) in [6.07, 6.45) is 2.13. The average molecular weight is 469 g/mol. The molecule has 2 N–H and O–H groups in total. The molecule has 3 aromatic rings. The number of rotatable bonds is 6. The van der Waals surface area contributed by atoms with Gasteiger partial charge in [0.25, 0.3) is 11.8 Å². The average Bonchev–Trinajstić information content (AvgIpc) is 3.69. The molecule has 0 spiro atoms. The lowest BCUT2D eigenvalue weighted by Gasteiger charge is -2.34. The highest BCUT2D eigenvalue weighted by atomic mass is 16.2. The Balaban J connectivity index is 1.27. The summed E-state index contributed by atoms with van der Waals surface area (Å²) in [6.45, 7) is 6.08. The van der Waals surface area contributed by atoms with E-state index in [0.29, 0.717) is 17.2 Å². The second-order valence-corrected chi connectivity index (χ2v) is 9.65. The minimum atomic E-state index is -0.138. The van der Waals surface area contributed by atoms with Crippen LogP contribution in [0.5, 0.6) is 0 Å². The van der Waals surface area contributed by atoms with Gasteiger partial charge >= 0.3 is 0 Å². The first kappa shape index (κ1) is 23.1. The van der Waals surface area contributed by atoms with E-state index in [-0.39, 0.29) is 11.8 Å². The molecule has 3 aromatic carbocycles. The van der Waals surface area contributed by atoms with Crippen molar-refractivity contribution in [1.82, 2.24) is 10.2 Å². The Morgan fingerprint density at radius 1 is 0.829 bits per heavy atom. The third-order valence-corrected chi connectivity index (χ3v) is 6.84. The lowest BCUT2D eigenvalue weighted by atomic mass is 9.97. The molecule has 2 amide bonds. The maximum absolute atomic E-state index is 12.9. The number of amides is 2. The number of nitrogens with zero attached hydrogens (tertiary/aromatic N) is 2. The van der Waals surface area contributed by atoms with Crippen LogP contribution in [0.4, 0.5) is 11.4 Å². The molecule has 5 rings (SSSR count). The van der Waals surface area contributed by atoms with E-state index < -0.39 is 0 Å². The van der Waals surface area contributed by atoms with E-state index in [1.54, 1.807) is 0 Å². The largest absolute Gasteiger partial charge is 0.369 e. The van der Waals surface area contributed by atoms with Crippen molar-refractivity contribution in [3.63, 3.8) is 0 Å². The second-order valence-electron chi connectivity index (χ2n) is 9.65. The minimum absolute atomic E-state index is 0.0245. The molecule has 1 saturated carbocycles. The van der Waals surface area contributed by atoms with Crippen LogP contribution in [0.1, 0.15) is 39.1 Å². The second kappa shape index (κ2) is 9.92. The number of likely N-dealkylation sites (N-methyl/N-ethyl adjacent to an activating group) is 1. The van der Waals surface area contributed by atoms with Gasteiger partial charge in [-0.2, -0.15) is 0 Å². The van der Waals surface area contributed by atoms with Gasteiger partial charge in [0.15, 0.2) is 0 Å². The molecular formula is C29H32N4O2. The zero-order valence-electron chi connectivity index (χ0n) is 20.4. The van der Waals surface area contributed by atoms with Crippen molar-refractivity contribution in [3.8, 4) is 11.1 Å². The van der Waals surface area contributed by atoms with Crippen molar-refractivity contribution in [1.29, 1.82) is 0 Å². The van der Waals surface area contributed by atoms with E-state index in [9.17, 15) is 9.59 Å². The van der Waals surface area contributed by atoms with E-state index in [4.69, 9.17) is 0 Å². The number of benzene rings is 3. The first-order valence-corrected chi connectivity index (χ1v) is 12.3. The molecule has 0 atom stereocenters. The van der Waals surface area contributed by atoms with Crippen LogP contribution in [0.15, 0.2) is 66.7 Å². The normalized spacial score (nSPS) is 16.1. The number of hydrogen-bond donors (Lipinski definition) is 2. The van der Waals surface area contributed by atoms with Crippen LogP contribution in [0.25, 0.3) is 11.1 Å². The number of carbonyl (C=O) groups is 2. The summed E-state index contributed by atoms with van der Waals surface area (Å²) in [6, 6.07) is 21.7. The molecular weight excluding hydrogens is 436 g/mol. The van der Waals surface area contributed by atoms with Gasteiger partial charge in [0.1, 0.15) is 0 Å². The van der Waals surface area contributed by atoms with E-state index in [1.165, 1.54) is 0 Å². The summed E-state index contributed by atoms with van der Waals surface area (Å²) in [4.78, 5) is 30.1. The Labute approximate surface area is 206 Å². The van der Waals surface area contributed by atoms with Gasteiger partial charge in [-0.15, -0.1) is 0 Å². The van der Waals surface area contributed by atoms with Crippen LogP contribution in [0.2, 0.25) is 0 Å². The monoisotopic (exact) mass is 468 g/mol. The van der Waals surface area contributed by atoms with Gasteiger partial charge in [-0.25, -0.2) is 0 Å². The third kappa shape index (κ3) is 5.54. The van der Waals surface area contributed by atoms with Crippen LogP contribution < -0.4 is 15.5 Å². The molecule has 1 aliphatic heterocycles. The number of carbonyl (C=O) groups excluding carboxylic acids is 2. The predicted molar refractivity (Wildman–Crippen MR) is 141 cm³/mol. The van der Waals surface area contributed by atoms with Crippen molar-refractivity contribution in [2.75, 3.05) is 43.4 Å². The number of piperazine rings is 1. The highest BCUT2D eigenvalue weighted by Gasteiger charge is 2.24. The number of aryl methyl sites for hydroxylation is 1. The van der Waals surface area contributed by atoms with Gasteiger partial charge in [0.2, 0.25) is 0 Å². The fourth-order valence-corrected chi connectivity index (χ4v) is 4.42. The standard InChI is InChI=1S/C29H32N4O2/c1-20-6-7-23(29(35)30-24-12-13-24)18-27(20)21-8-10-22(11-9-21)28(34)31-25-4-3-5-26(19-25)33-16-14-32(2)15-17-33/h3-11,18-19,24H,12-17H2,1-2H3,(H,30,35)(H,31,34). The summed E-state index contributed by atoms with van der Waals surface area (Å²) in [5.41, 5.74) is 6.26. The fraction of sp³-hybridized carbons (Fsp3) is 0.310. The minimum Gasteiger partial charge on any atom is -0.369 e. The summed E-state index contributed by atoms with van der Waals surface area (Å²) in [5, 5.41) is 6.08. The van der Waals surface area contributed by atoms with Crippen molar-refractivity contribution < 1.29 is 9.59 Å². The molecule has 0 bridgehead atoms. The Morgan fingerprint density at radius 3 is 2.26 bits per heavy atom. The molecule has 2 fully saturated rings.